The predicted molar refractivity (Wildman–Crippen MR) is 104 cm³/mol. The number of methoxy groups -OCH3 is 1. The summed E-state index contributed by atoms with van der Waals surface area (Å²) < 4.78 is 9.89. The van der Waals surface area contributed by atoms with Gasteiger partial charge in [-0.15, -0.1) is 0 Å². The summed E-state index contributed by atoms with van der Waals surface area (Å²) in [6, 6.07) is 7.40. The fourth-order valence-electron chi connectivity index (χ4n) is 3.00. The number of rotatable bonds is 5. The first-order chi connectivity index (χ1) is 13.6. The molecule has 0 bridgehead atoms. The minimum atomic E-state index is -0.839. The molecule has 1 aliphatic rings. The molecular weight excluding hydrogens is 378 g/mol. The fourth-order valence-corrected chi connectivity index (χ4v) is 3.00. The summed E-state index contributed by atoms with van der Waals surface area (Å²) in [5.74, 6) is -1.34. The topological polar surface area (TPSA) is 114 Å². The molecule has 2 rings (SSSR count). The number of likely N-dealkylation sites (tertiary alicyclic amines) is 1. The minimum Gasteiger partial charge on any atom is -0.467 e. The van der Waals surface area contributed by atoms with E-state index in [-0.39, 0.29) is 25.4 Å². The standard InChI is InChI=1S/C20H27N3O6/c1-20(2,3)29-19(27)21-11-16(24)23-12-14(10-15(23)18(26)28-4)22-17(25)13-8-6-5-7-9-13/h5-9,14-15H,10-12H2,1-4H3,(H,21,27)(H,22,25)/t14-,15+/m0/s1. The predicted octanol–water partition coefficient (Wildman–Crippen LogP) is 1.08. The van der Waals surface area contributed by atoms with Crippen molar-refractivity contribution in [2.45, 2.75) is 44.9 Å². The molecule has 2 atom stereocenters. The van der Waals surface area contributed by atoms with Crippen LogP contribution in [0.15, 0.2) is 30.3 Å². The van der Waals surface area contributed by atoms with E-state index in [9.17, 15) is 19.2 Å². The second-order valence-electron chi connectivity index (χ2n) is 7.71. The quantitative estimate of drug-likeness (QED) is 0.709. The molecule has 3 amide bonds. The number of alkyl carbamates (subject to hydrolysis) is 1. The molecule has 0 spiro atoms. The Morgan fingerprint density at radius 2 is 1.79 bits per heavy atom. The third-order valence-electron chi connectivity index (χ3n) is 4.25. The summed E-state index contributed by atoms with van der Waals surface area (Å²) in [5, 5.41) is 5.22. The third kappa shape index (κ3) is 6.48. The molecule has 9 heteroatoms. The van der Waals surface area contributed by atoms with Gasteiger partial charge in [-0.3, -0.25) is 9.59 Å². The van der Waals surface area contributed by atoms with Gasteiger partial charge in [0.15, 0.2) is 0 Å². The van der Waals surface area contributed by atoms with Crippen molar-refractivity contribution in [3.8, 4) is 0 Å². The first-order valence-electron chi connectivity index (χ1n) is 9.31. The number of carbonyl (C=O) groups excluding carboxylic acids is 4. The molecule has 0 aromatic heterocycles. The highest BCUT2D eigenvalue weighted by atomic mass is 16.6. The molecule has 29 heavy (non-hydrogen) atoms. The maximum atomic E-state index is 12.6. The molecule has 1 heterocycles. The second kappa shape index (κ2) is 9.40. The molecular formula is C20H27N3O6. The smallest absolute Gasteiger partial charge is 0.408 e. The number of hydrogen-bond donors (Lipinski definition) is 2. The Balaban J connectivity index is 1.99. The van der Waals surface area contributed by atoms with Gasteiger partial charge in [-0.05, 0) is 32.9 Å². The lowest BCUT2D eigenvalue weighted by Gasteiger charge is -2.23. The first-order valence-corrected chi connectivity index (χ1v) is 9.31. The highest BCUT2D eigenvalue weighted by Crippen LogP contribution is 2.20. The summed E-state index contributed by atoms with van der Waals surface area (Å²) in [5.41, 5.74) is -0.208. The average molecular weight is 405 g/mol. The number of amides is 3. The van der Waals surface area contributed by atoms with Crippen LogP contribution in [0.3, 0.4) is 0 Å². The summed E-state index contributed by atoms with van der Waals surface area (Å²) in [6.07, 6.45) is -0.503. The second-order valence-corrected chi connectivity index (χ2v) is 7.71. The summed E-state index contributed by atoms with van der Waals surface area (Å²) in [4.78, 5) is 50.1. The van der Waals surface area contributed by atoms with Crippen molar-refractivity contribution in [3.05, 3.63) is 35.9 Å². The summed E-state index contributed by atoms with van der Waals surface area (Å²) in [6.45, 7) is 4.93. The highest BCUT2D eigenvalue weighted by Gasteiger charge is 2.40. The van der Waals surface area contributed by atoms with Crippen molar-refractivity contribution in [1.29, 1.82) is 0 Å². The number of nitrogens with zero attached hydrogens (tertiary/aromatic N) is 1. The Morgan fingerprint density at radius 1 is 1.14 bits per heavy atom. The van der Waals surface area contributed by atoms with Crippen LogP contribution in [0.5, 0.6) is 0 Å². The van der Waals surface area contributed by atoms with E-state index in [1.54, 1.807) is 51.1 Å². The monoisotopic (exact) mass is 405 g/mol. The molecule has 1 saturated heterocycles. The Kier molecular flexibility index (Phi) is 7.19. The molecule has 0 aliphatic carbocycles. The largest absolute Gasteiger partial charge is 0.467 e. The van der Waals surface area contributed by atoms with Crippen LogP contribution in [0.1, 0.15) is 37.6 Å². The SMILES string of the molecule is COC(=O)[C@H]1C[C@H](NC(=O)c2ccccc2)CN1C(=O)CNC(=O)OC(C)(C)C. The van der Waals surface area contributed by atoms with Crippen LogP contribution < -0.4 is 10.6 Å². The molecule has 158 valence electrons. The van der Waals surface area contributed by atoms with Crippen LogP contribution in [-0.4, -0.2) is 66.7 Å². The third-order valence-corrected chi connectivity index (χ3v) is 4.25. The lowest BCUT2D eigenvalue weighted by Crippen LogP contribution is -2.47. The Morgan fingerprint density at radius 3 is 2.38 bits per heavy atom. The van der Waals surface area contributed by atoms with Gasteiger partial charge < -0.3 is 25.0 Å². The molecule has 2 N–H and O–H groups in total. The van der Waals surface area contributed by atoms with E-state index in [0.717, 1.165) is 0 Å². The van der Waals surface area contributed by atoms with Crippen LogP contribution in [0.4, 0.5) is 4.79 Å². The molecule has 1 aromatic rings. The average Bonchev–Trinajstić information content (AvgIpc) is 3.08. The number of ether oxygens (including phenoxy) is 2. The first kappa shape index (κ1) is 22.2. The van der Waals surface area contributed by atoms with Gasteiger partial charge in [0.2, 0.25) is 5.91 Å². The van der Waals surface area contributed by atoms with Gasteiger partial charge in [-0.25, -0.2) is 9.59 Å². The number of esters is 1. The molecule has 0 saturated carbocycles. The zero-order valence-electron chi connectivity index (χ0n) is 17.1. The van der Waals surface area contributed by atoms with Gasteiger partial charge in [-0.1, -0.05) is 18.2 Å². The number of benzene rings is 1. The van der Waals surface area contributed by atoms with Crippen molar-refractivity contribution < 1.29 is 28.7 Å². The van der Waals surface area contributed by atoms with E-state index >= 15 is 0 Å². The number of hydrogen-bond acceptors (Lipinski definition) is 6. The summed E-state index contributed by atoms with van der Waals surface area (Å²) in [7, 11) is 1.24. The number of carbonyl (C=O) groups is 4. The molecule has 1 aliphatic heterocycles. The van der Waals surface area contributed by atoms with E-state index in [2.05, 4.69) is 10.6 Å². The van der Waals surface area contributed by atoms with Crippen molar-refractivity contribution in [1.82, 2.24) is 15.5 Å². The maximum Gasteiger partial charge on any atom is 0.408 e. The molecule has 1 fully saturated rings. The van der Waals surface area contributed by atoms with Crippen LogP contribution in [0.25, 0.3) is 0 Å². The van der Waals surface area contributed by atoms with Gasteiger partial charge in [0.25, 0.3) is 5.91 Å². The summed E-state index contributed by atoms with van der Waals surface area (Å²) >= 11 is 0. The van der Waals surface area contributed by atoms with Crippen LogP contribution >= 0.6 is 0 Å². The van der Waals surface area contributed by atoms with Crippen molar-refractivity contribution in [2.24, 2.45) is 0 Å². The van der Waals surface area contributed by atoms with Gasteiger partial charge in [-0.2, -0.15) is 0 Å². The zero-order valence-corrected chi connectivity index (χ0v) is 17.1. The molecule has 9 nitrogen and oxygen atoms in total. The molecule has 0 unspecified atom stereocenters. The van der Waals surface area contributed by atoms with Crippen LogP contribution in [-0.2, 0) is 19.1 Å². The van der Waals surface area contributed by atoms with Crippen LogP contribution in [0.2, 0.25) is 0 Å². The normalized spacial score (nSPS) is 18.7. The number of nitrogens with one attached hydrogen (secondary N) is 2. The van der Waals surface area contributed by atoms with E-state index in [0.29, 0.717) is 5.56 Å². The van der Waals surface area contributed by atoms with Gasteiger partial charge in [0, 0.05) is 24.6 Å². The maximum absolute atomic E-state index is 12.6. The van der Waals surface area contributed by atoms with Gasteiger partial charge in [0.05, 0.1) is 7.11 Å². The minimum absolute atomic E-state index is 0.132. The van der Waals surface area contributed by atoms with E-state index in [4.69, 9.17) is 9.47 Å². The lowest BCUT2D eigenvalue weighted by atomic mass is 10.1. The zero-order chi connectivity index (χ0) is 21.6. The van der Waals surface area contributed by atoms with Crippen LogP contribution in [0, 0.1) is 0 Å². The lowest BCUT2D eigenvalue weighted by molar-refractivity contribution is -0.150. The van der Waals surface area contributed by atoms with Crippen molar-refractivity contribution in [3.63, 3.8) is 0 Å². The molecule has 1 aromatic carbocycles. The van der Waals surface area contributed by atoms with E-state index in [1.165, 1.54) is 12.0 Å². The highest BCUT2D eigenvalue weighted by molar-refractivity contribution is 5.94. The van der Waals surface area contributed by atoms with Crippen molar-refractivity contribution in [2.75, 3.05) is 20.2 Å². The van der Waals surface area contributed by atoms with Crippen molar-refractivity contribution >= 4 is 23.9 Å². The van der Waals surface area contributed by atoms with E-state index in [1.807, 2.05) is 0 Å². The van der Waals surface area contributed by atoms with E-state index < -0.39 is 35.7 Å². The van der Waals surface area contributed by atoms with Gasteiger partial charge in [0.1, 0.15) is 18.2 Å². The Bertz CT molecular complexity index is 759. The molecule has 0 radical (unpaired) electrons. The Labute approximate surface area is 169 Å². The fraction of sp³-hybridized carbons (Fsp3) is 0.500. The Hall–Kier alpha value is -3.10. The van der Waals surface area contributed by atoms with Gasteiger partial charge >= 0.3 is 12.1 Å².